The zero-order valence-electron chi connectivity index (χ0n) is 9.48. The molecule has 18 heavy (non-hydrogen) atoms. The number of anilines is 1. The molecule has 0 bridgehead atoms. The molecule has 0 aliphatic carbocycles. The Bertz CT molecular complexity index is 563. The fraction of sp³-hybridized carbons (Fsp3) is 0.300. The minimum absolute atomic E-state index is 0.0480. The van der Waals surface area contributed by atoms with Crippen LogP contribution in [0.3, 0.4) is 0 Å². The van der Waals surface area contributed by atoms with Gasteiger partial charge in [0.25, 0.3) is 0 Å². The molecule has 1 unspecified atom stereocenters. The summed E-state index contributed by atoms with van der Waals surface area (Å²) >= 11 is 13.9. The summed E-state index contributed by atoms with van der Waals surface area (Å²) in [6, 6.07) is 4.76. The first-order valence-corrected chi connectivity index (χ1v) is 8.16. The lowest BCUT2D eigenvalue weighted by Gasteiger charge is -2.16. The van der Waals surface area contributed by atoms with Gasteiger partial charge in [-0.3, -0.25) is 4.72 Å². The van der Waals surface area contributed by atoms with Crippen LogP contribution in [-0.4, -0.2) is 18.7 Å². The maximum atomic E-state index is 12.0. The molecule has 1 aromatic carbocycles. The van der Waals surface area contributed by atoms with Crippen molar-refractivity contribution in [3.05, 3.63) is 27.7 Å². The van der Waals surface area contributed by atoms with E-state index in [2.05, 4.69) is 20.7 Å². The van der Waals surface area contributed by atoms with E-state index in [1.165, 1.54) is 6.07 Å². The van der Waals surface area contributed by atoms with Gasteiger partial charge in [-0.1, -0.05) is 30.7 Å². The Labute approximate surface area is 125 Å². The van der Waals surface area contributed by atoms with E-state index in [1.54, 1.807) is 19.1 Å². The van der Waals surface area contributed by atoms with E-state index in [1.807, 2.05) is 0 Å². The number of nitrogens with two attached hydrogens (primary N) is 1. The first kappa shape index (κ1) is 15.7. The van der Waals surface area contributed by atoms with Crippen LogP contribution in [-0.2, 0) is 10.0 Å². The van der Waals surface area contributed by atoms with Crippen molar-refractivity contribution in [2.24, 2.45) is 5.73 Å². The zero-order chi connectivity index (χ0) is 13.9. The third-order valence-electron chi connectivity index (χ3n) is 2.24. The van der Waals surface area contributed by atoms with Gasteiger partial charge in [0.2, 0.25) is 10.0 Å². The lowest BCUT2D eigenvalue weighted by atomic mass is 10.3. The molecule has 0 aromatic heterocycles. The maximum absolute atomic E-state index is 12.0. The molecule has 0 spiro atoms. The molecule has 0 heterocycles. The van der Waals surface area contributed by atoms with E-state index in [4.69, 9.17) is 29.6 Å². The van der Waals surface area contributed by atoms with Crippen molar-refractivity contribution >= 4 is 60.4 Å². The van der Waals surface area contributed by atoms with Gasteiger partial charge in [0.15, 0.2) is 0 Å². The molecule has 0 saturated carbocycles. The Kier molecular flexibility index (Phi) is 5.39. The van der Waals surface area contributed by atoms with Crippen LogP contribution < -0.4 is 10.5 Å². The van der Waals surface area contributed by atoms with Gasteiger partial charge in [-0.15, -0.1) is 0 Å². The maximum Gasteiger partial charge on any atom is 0.242 e. The summed E-state index contributed by atoms with van der Waals surface area (Å²) in [6.45, 7) is 1.71. The summed E-state index contributed by atoms with van der Waals surface area (Å²) in [5, 5.41) is -0.478. The molecule has 100 valence electrons. The van der Waals surface area contributed by atoms with Crippen molar-refractivity contribution in [2.45, 2.75) is 18.6 Å². The molecule has 1 atom stereocenters. The van der Waals surface area contributed by atoms with Crippen molar-refractivity contribution in [1.29, 1.82) is 0 Å². The molecule has 4 nitrogen and oxygen atoms in total. The first-order chi connectivity index (χ1) is 8.27. The summed E-state index contributed by atoms with van der Waals surface area (Å²) in [4.78, 5) is -0.0480. The summed E-state index contributed by atoms with van der Waals surface area (Å²) in [5.74, 6) is 0. The van der Waals surface area contributed by atoms with E-state index in [9.17, 15) is 8.42 Å². The number of nitrogens with one attached hydrogen (secondary N) is 1. The molecule has 8 heteroatoms. The lowest BCUT2D eigenvalue weighted by molar-refractivity contribution is 0.594. The van der Waals surface area contributed by atoms with Crippen molar-refractivity contribution in [3.63, 3.8) is 0 Å². The predicted molar refractivity (Wildman–Crippen MR) is 82.6 cm³/mol. The molecule has 0 radical (unpaired) electrons. The van der Waals surface area contributed by atoms with Crippen LogP contribution >= 0.6 is 39.7 Å². The zero-order valence-corrected chi connectivity index (χ0v) is 13.5. The standard InChI is InChI=1S/C10H12BrClN2O2S2/c1-2-9(10(13)17)18(15,16)14-6-3-4-7(11)8(12)5-6/h3-5,9,14H,2H2,1H3,(H2,13,17). The number of rotatable bonds is 5. The number of thiocarbonyl (C=S) groups is 1. The summed E-state index contributed by atoms with van der Waals surface area (Å²) in [5.41, 5.74) is 5.79. The number of benzene rings is 1. The fourth-order valence-corrected chi connectivity index (χ4v) is 3.68. The molecule has 1 rings (SSSR count). The van der Waals surface area contributed by atoms with Crippen LogP contribution in [0.4, 0.5) is 5.69 Å². The summed E-state index contributed by atoms with van der Waals surface area (Å²) < 4.78 is 27.2. The van der Waals surface area contributed by atoms with Gasteiger partial charge in [0.05, 0.1) is 15.7 Å². The largest absolute Gasteiger partial charge is 0.392 e. The minimum atomic E-state index is -3.64. The van der Waals surface area contributed by atoms with E-state index in [-0.39, 0.29) is 4.99 Å². The normalized spacial score (nSPS) is 13.1. The number of halogens is 2. The molecular weight excluding hydrogens is 360 g/mol. The van der Waals surface area contributed by atoms with E-state index < -0.39 is 15.3 Å². The van der Waals surface area contributed by atoms with E-state index in [0.29, 0.717) is 21.6 Å². The number of hydrogen-bond acceptors (Lipinski definition) is 3. The summed E-state index contributed by atoms with van der Waals surface area (Å²) in [6.07, 6.45) is 0.314. The van der Waals surface area contributed by atoms with Crippen LogP contribution in [0.2, 0.25) is 5.02 Å². The quantitative estimate of drug-likeness (QED) is 0.781. The summed E-state index contributed by atoms with van der Waals surface area (Å²) in [7, 11) is -3.64. The average molecular weight is 372 g/mol. The Morgan fingerprint density at radius 3 is 2.67 bits per heavy atom. The van der Waals surface area contributed by atoms with Gasteiger partial charge in [0.1, 0.15) is 5.25 Å². The van der Waals surface area contributed by atoms with Gasteiger partial charge in [0, 0.05) is 4.47 Å². The highest BCUT2D eigenvalue weighted by Gasteiger charge is 2.26. The highest BCUT2D eigenvalue weighted by molar-refractivity contribution is 9.10. The molecule has 0 aliphatic rings. The van der Waals surface area contributed by atoms with Crippen LogP contribution in [0.15, 0.2) is 22.7 Å². The SMILES string of the molecule is CCC(C(N)=S)S(=O)(=O)Nc1ccc(Br)c(Cl)c1. The Morgan fingerprint density at radius 1 is 1.61 bits per heavy atom. The molecule has 0 fully saturated rings. The van der Waals surface area contributed by atoms with Crippen LogP contribution in [0.25, 0.3) is 0 Å². The Balaban J connectivity index is 3.01. The number of hydrogen-bond donors (Lipinski definition) is 2. The molecule has 1 aromatic rings. The first-order valence-electron chi connectivity index (χ1n) is 5.04. The molecule has 0 aliphatic heterocycles. The fourth-order valence-electron chi connectivity index (χ4n) is 1.37. The highest BCUT2D eigenvalue weighted by atomic mass is 79.9. The molecule has 0 amide bonds. The van der Waals surface area contributed by atoms with Crippen molar-refractivity contribution < 1.29 is 8.42 Å². The van der Waals surface area contributed by atoms with E-state index >= 15 is 0 Å². The van der Waals surface area contributed by atoms with Crippen molar-refractivity contribution in [2.75, 3.05) is 4.72 Å². The van der Waals surface area contributed by atoms with Gasteiger partial charge in [-0.05, 0) is 40.5 Å². The monoisotopic (exact) mass is 370 g/mol. The van der Waals surface area contributed by atoms with Crippen LogP contribution in [0.1, 0.15) is 13.3 Å². The lowest BCUT2D eigenvalue weighted by Crippen LogP contribution is -2.37. The van der Waals surface area contributed by atoms with Gasteiger partial charge >= 0.3 is 0 Å². The van der Waals surface area contributed by atoms with E-state index in [0.717, 1.165) is 0 Å². The second-order valence-corrected chi connectivity index (χ2v) is 7.17. The smallest absolute Gasteiger partial charge is 0.242 e. The Morgan fingerprint density at radius 2 is 2.22 bits per heavy atom. The van der Waals surface area contributed by atoms with Crippen molar-refractivity contribution in [1.82, 2.24) is 0 Å². The average Bonchev–Trinajstić information content (AvgIpc) is 2.22. The van der Waals surface area contributed by atoms with Gasteiger partial charge in [-0.2, -0.15) is 0 Å². The third-order valence-corrected chi connectivity index (χ3v) is 5.77. The molecule has 3 N–H and O–H groups in total. The molecule has 0 saturated heterocycles. The Hall–Kier alpha value is -0.370. The molecular formula is C10H12BrClN2O2S2. The van der Waals surface area contributed by atoms with Crippen LogP contribution in [0.5, 0.6) is 0 Å². The van der Waals surface area contributed by atoms with Gasteiger partial charge in [-0.25, -0.2) is 8.42 Å². The van der Waals surface area contributed by atoms with Crippen LogP contribution in [0, 0.1) is 0 Å². The highest BCUT2D eigenvalue weighted by Crippen LogP contribution is 2.26. The second-order valence-electron chi connectivity index (χ2n) is 3.58. The minimum Gasteiger partial charge on any atom is -0.392 e. The predicted octanol–water partition coefficient (Wildman–Crippen LogP) is 2.91. The third kappa shape index (κ3) is 3.81. The topological polar surface area (TPSA) is 72.2 Å². The van der Waals surface area contributed by atoms with Crippen molar-refractivity contribution in [3.8, 4) is 0 Å². The van der Waals surface area contributed by atoms with Gasteiger partial charge < -0.3 is 5.73 Å². The second kappa shape index (κ2) is 6.18. The number of sulfonamides is 1.